The summed E-state index contributed by atoms with van der Waals surface area (Å²) >= 11 is 0. The molecule has 132 valence electrons. The molecule has 24 heavy (non-hydrogen) atoms. The predicted molar refractivity (Wildman–Crippen MR) is 80.6 cm³/mol. The third-order valence-electron chi connectivity index (χ3n) is 3.61. The minimum atomic E-state index is -4.65. The number of benzene rings is 1. The number of nitrogens with one attached hydrogen (secondary N) is 3. The zero-order valence-corrected chi connectivity index (χ0v) is 12.7. The summed E-state index contributed by atoms with van der Waals surface area (Å²) in [6, 6.07) is 2.31. The number of halogens is 3. The summed E-state index contributed by atoms with van der Waals surface area (Å²) in [7, 11) is 0. The van der Waals surface area contributed by atoms with E-state index in [4.69, 9.17) is 0 Å². The number of amides is 1. The number of nitro groups is 1. The van der Waals surface area contributed by atoms with Crippen LogP contribution < -0.4 is 16.0 Å². The second kappa shape index (κ2) is 7.47. The molecular formula is C14H17F3N4O3. The number of anilines is 1. The summed E-state index contributed by atoms with van der Waals surface area (Å²) in [6.45, 7) is 1.61. The van der Waals surface area contributed by atoms with Crippen LogP contribution in [0.15, 0.2) is 18.2 Å². The Bertz CT molecular complexity index is 616. The molecule has 0 saturated carbocycles. The van der Waals surface area contributed by atoms with Gasteiger partial charge in [-0.1, -0.05) is 0 Å². The second-order valence-electron chi connectivity index (χ2n) is 5.42. The Labute approximate surface area is 135 Å². The van der Waals surface area contributed by atoms with Crippen LogP contribution in [0.5, 0.6) is 0 Å². The highest BCUT2D eigenvalue weighted by Crippen LogP contribution is 2.34. The van der Waals surface area contributed by atoms with Gasteiger partial charge in [-0.05, 0) is 25.1 Å². The van der Waals surface area contributed by atoms with Gasteiger partial charge >= 0.3 is 6.18 Å². The van der Waals surface area contributed by atoms with Crippen molar-refractivity contribution < 1.29 is 22.9 Å². The SMILES string of the molecule is O=C(CCNc1ccc(C(F)(F)F)cc1[N+](=O)[O-])NC1CCNC1. The Kier molecular flexibility index (Phi) is 5.60. The molecule has 1 saturated heterocycles. The van der Waals surface area contributed by atoms with Crippen molar-refractivity contribution >= 4 is 17.3 Å². The number of hydrogen-bond donors (Lipinski definition) is 3. The zero-order chi connectivity index (χ0) is 17.7. The smallest absolute Gasteiger partial charge is 0.379 e. The van der Waals surface area contributed by atoms with Crippen molar-refractivity contribution in [1.29, 1.82) is 0 Å². The van der Waals surface area contributed by atoms with Gasteiger partial charge < -0.3 is 16.0 Å². The average molecular weight is 346 g/mol. The molecule has 7 nitrogen and oxygen atoms in total. The van der Waals surface area contributed by atoms with Crippen molar-refractivity contribution in [3.63, 3.8) is 0 Å². The van der Waals surface area contributed by atoms with Crippen LogP contribution in [0.3, 0.4) is 0 Å². The Morgan fingerprint density at radius 1 is 1.42 bits per heavy atom. The van der Waals surface area contributed by atoms with Gasteiger partial charge in [0.1, 0.15) is 5.69 Å². The minimum Gasteiger partial charge on any atom is -0.379 e. The molecule has 1 amide bonds. The van der Waals surface area contributed by atoms with E-state index in [0.717, 1.165) is 25.1 Å². The molecule has 3 N–H and O–H groups in total. The maximum Gasteiger partial charge on any atom is 0.416 e. The van der Waals surface area contributed by atoms with Crippen molar-refractivity contribution in [3.05, 3.63) is 33.9 Å². The van der Waals surface area contributed by atoms with Crippen molar-refractivity contribution in [2.75, 3.05) is 25.0 Å². The first kappa shape index (κ1) is 18.0. The van der Waals surface area contributed by atoms with Crippen molar-refractivity contribution in [2.45, 2.75) is 25.1 Å². The lowest BCUT2D eigenvalue weighted by atomic mass is 10.1. The van der Waals surface area contributed by atoms with Gasteiger partial charge in [0, 0.05) is 31.6 Å². The highest BCUT2D eigenvalue weighted by atomic mass is 19.4. The normalized spacial score (nSPS) is 17.5. The monoisotopic (exact) mass is 346 g/mol. The third kappa shape index (κ3) is 4.82. The molecule has 1 heterocycles. The van der Waals surface area contributed by atoms with Gasteiger partial charge in [0.2, 0.25) is 5.91 Å². The van der Waals surface area contributed by atoms with Crippen LogP contribution in [0.4, 0.5) is 24.5 Å². The van der Waals surface area contributed by atoms with Gasteiger partial charge in [-0.2, -0.15) is 13.2 Å². The molecule has 0 radical (unpaired) electrons. The van der Waals surface area contributed by atoms with Crippen LogP contribution in [-0.2, 0) is 11.0 Å². The van der Waals surface area contributed by atoms with E-state index in [0.29, 0.717) is 12.6 Å². The Balaban J connectivity index is 1.93. The van der Waals surface area contributed by atoms with Crippen molar-refractivity contribution in [3.8, 4) is 0 Å². The van der Waals surface area contributed by atoms with Gasteiger partial charge in [-0.15, -0.1) is 0 Å². The fourth-order valence-corrected chi connectivity index (χ4v) is 2.40. The van der Waals surface area contributed by atoms with Gasteiger partial charge in [-0.3, -0.25) is 14.9 Å². The first-order valence-electron chi connectivity index (χ1n) is 7.37. The second-order valence-corrected chi connectivity index (χ2v) is 5.42. The largest absolute Gasteiger partial charge is 0.416 e. The predicted octanol–water partition coefficient (Wildman–Crippen LogP) is 1.89. The molecule has 0 aliphatic carbocycles. The fourth-order valence-electron chi connectivity index (χ4n) is 2.40. The molecule has 0 bridgehead atoms. The molecule has 1 aromatic carbocycles. The van der Waals surface area contributed by atoms with E-state index >= 15 is 0 Å². The molecule has 1 fully saturated rings. The van der Waals surface area contributed by atoms with E-state index in [1.54, 1.807) is 0 Å². The van der Waals surface area contributed by atoms with E-state index in [9.17, 15) is 28.1 Å². The number of carbonyl (C=O) groups excluding carboxylic acids is 1. The molecule has 1 aliphatic heterocycles. The lowest BCUT2D eigenvalue weighted by Gasteiger charge is -2.12. The molecule has 2 rings (SSSR count). The van der Waals surface area contributed by atoms with Crippen LogP contribution in [-0.4, -0.2) is 36.5 Å². The fraction of sp³-hybridized carbons (Fsp3) is 0.500. The number of carbonyl (C=O) groups is 1. The van der Waals surface area contributed by atoms with Crippen LogP contribution in [0.1, 0.15) is 18.4 Å². The summed E-state index contributed by atoms with van der Waals surface area (Å²) in [5.41, 5.74) is -1.82. The topological polar surface area (TPSA) is 96.3 Å². The molecular weight excluding hydrogens is 329 g/mol. The van der Waals surface area contributed by atoms with Crippen molar-refractivity contribution in [2.24, 2.45) is 0 Å². The molecule has 1 unspecified atom stereocenters. The third-order valence-corrected chi connectivity index (χ3v) is 3.61. The minimum absolute atomic E-state index is 0.0525. The maximum atomic E-state index is 12.6. The number of rotatable bonds is 6. The Morgan fingerprint density at radius 3 is 2.75 bits per heavy atom. The first-order valence-corrected chi connectivity index (χ1v) is 7.37. The highest BCUT2D eigenvalue weighted by molar-refractivity contribution is 5.77. The van der Waals surface area contributed by atoms with E-state index in [-0.39, 0.29) is 30.6 Å². The van der Waals surface area contributed by atoms with E-state index in [1.165, 1.54) is 0 Å². The van der Waals surface area contributed by atoms with Gasteiger partial charge in [0.05, 0.1) is 10.5 Å². The van der Waals surface area contributed by atoms with E-state index < -0.39 is 22.4 Å². The van der Waals surface area contributed by atoms with Gasteiger partial charge in [-0.25, -0.2) is 0 Å². The number of alkyl halides is 3. The molecule has 1 aromatic rings. The number of nitro benzene ring substituents is 1. The van der Waals surface area contributed by atoms with Crippen LogP contribution in [0, 0.1) is 10.1 Å². The number of hydrogen-bond acceptors (Lipinski definition) is 5. The van der Waals surface area contributed by atoms with E-state index in [1.807, 2.05) is 0 Å². The van der Waals surface area contributed by atoms with Crippen LogP contribution >= 0.6 is 0 Å². The lowest BCUT2D eigenvalue weighted by molar-refractivity contribution is -0.384. The van der Waals surface area contributed by atoms with Gasteiger partial charge in [0.15, 0.2) is 0 Å². The van der Waals surface area contributed by atoms with Crippen LogP contribution in [0.2, 0.25) is 0 Å². The Hall–Kier alpha value is -2.36. The molecule has 0 spiro atoms. The van der Waals surface area contributed by atoms with Crippen molar-refractivity contribution in [1.82, 2.24) is 10.6 Å². The summed E-state index contributed by atoms with van der Waals surface area (Å²) in [5.74, 6) is -0.217. The summed E-state index contributed by atoms with van der Waals surface area (Å²) in [5, 5.41) is 19.5. The standard InChI is InChI=1S/C14H17F3N4O3/c15-14(16,17)9-1-2-11(12(7-9)21(23)24)19-6-4-13(22)20-10-3-5-18-8-10/h1-2,7,10,18-19H,3-6,8H2,(H,20,22). The summed E-state index contributed by atoms with van der Waals surface area (Å²) in [4.78, 5) is 21.8. The molecule has 0 aromatic heterocycles. The average Bonchev–Trinajstić information content (AvgIpc) is 2.99. The molecule has 10 heteroatoms. The first-order chi connectivity index (χ1) is 11.3. The number of nitrogens with zero attached hydrogens (tertiary/aromatic N) is 1. The molecule has 1 aliphatic rings. The van der Waals surface area contributed by atoms with Crippen LogP contribution in [0.25, 0.3) is 0 Å². The van der Waals surface area contributed by atoms with Gasteiger partial charge in [0.25, 0.3) is 5.69 Å². The summed E-state index contributed by atoms with van der Waals surface area (Å²) in [6.07, 6.45) is -3.75. The quantitative estimate of drug-likeness (QED) is 0.540. The van der Waals surface area contributed by atoms with E-state index in [2.05, 4.69) is 16.0 Å². The molecule has 1 atom stereocenters. The summed E-state index contributed by atoms with van der Waals surface area (Å²) < 4.78 is 37.8. The zero-order valence-electron chi connectivity index (χ0n) is 12.7. The highest BCUT2D eigenvalue weighted by Gasteiger charge is 2.33. The Morgan fingerprint density at radius 2 is 2.17 bits per heavy atom. The lowest BCUT2D eigenvalue weighted by Crippen LogP contribution is -2.36. The maximum absolute atomic E-state index is 12.6.